The molecule has 0 unspecified atom stereocenters. The average molecular weight is 535 g/mol. The molecule has 0 atom stereocenters. The maximum Gasteiger partial charge on any atom is 0.433 e. The normalized spacial score (nSPS) is 11.7. The van der Waals surface area contributed by atoms with Crippen molar-refractivity contribution in [3.63, 3.8) is 0 Å². The molecule has 2 aromatic heterocycles. The Morgan fingerprint density at radius 1 is 1.12 bits per heavy atom. The Hall–Kier alpha value is -3.27. The van der Waals surface area contributed by atoms with Crippen LogP contribution in [0.15, 0.2) is 53.0 Å². The fourth-order valence-corrected chi connectivity index (χ4v) is 4.10. The van der Waals surface area contributed by atoms with E-state index in [-0.39, 0.29) is 22.3 Å². The number of carbonyl (C=O) groups excluding carboxylic acids is 1. The van der Waals surface area contributed by atoms with Crippen LogP contribution < -0.4 is 5.32 Å². The van der Waals surface area contributed by atoms with Crippen molar-refractivity contribution in [1.29, 1.82) is 0 Å². The molecule has 0 bridgehead atoms. The van der Waals surface area contributed by atoms with Crippen LogP contribution in [0.25, 0.3) is 10.9 Å². The third-order valence-electron chi connectivity index (χ3n) is 5.43. The van der Waals surface area contributed by atoms with Gasteiger partial charge in [-0.05, 0) is 62.2 Å². The highest BCUT2D eigenvalue weighted by atomic mass is 79.9. The van der Waals surface area contributed by atoms with Crippen LogP contribution in [0.1, 0.15) is 33.0 Å². The molecule has 34 heavy (non-hydrogen) atoms. The largest absolute Gasteiger partial charge is 0.433 e. The summed E-state index contributed by atoms with van der Waals surface area (Å²) in [4.78, 5) is 16.8. The van der Waals surface area contributed by atoms with E-state index < -0.39 is 17.8 Å². The molecule has 0 radical (unpaired) electrons. The van der Waals surface area contributed by atoms with E-state index in [2.05, 4.69) is 31.3 Å². The lowest BCUT2D eigenvalue weighted by atomic mass is 10.1. The summed E-state index contributed by atoms with van der Waals surface area (Å²) >= 11 is 3.29. The second kappa shape index (κ2) is 9.17. The Bertz CT molecular complexity index is 1400. The number of pyridine rings is 1. The summed E-state index contributed by atoms with van der Waals surface area (Å²) in [6.45, 7) is 3.89. The second-order valence-electron chi connectivity index (χ2n) is 7.82. The van der Waals surface area contributed by atoms with E-state index in [9.17, 15) is 22.4 Å². The number of aromatic nitrogens is 3. The number of carbonyl (C=O) groups is 1. The molecule has 1 amide bonds. The maximum absolute atomic E-state index is 13.4. The smallest absolute Gasteiger partial charge is 0.319 e. The third-order valence-corrected chi connectivity index (χ3v) is 5.92. The van der Waals surface area contributed by atoms with Gasteiger partial charge >= 0.3 is 6.18 Å². The fraction of sp³-hybridized carbons (Fsp3) is 0.208. The summed E-state index contributed by atoms with van der Waals surface area (Å²) in [7, 11) is 0. The van der Waals surface area contributed by atoms with Gasteiger partial charge < -0.3 is 5.32 Å². The molecular weight excluding hydrogens is 516 g/mol. The summed E-state index contributed by atoms with van der Waals surface area (Å²) < 4.78 is 55.9. The number of hydrogen-bond acceptors (Lipinski definition) is 3. The molecule has 0 aliphatic heterocycles. The van der Waals surface area contributed by atoms with Gasteiger partial charge in [0.05, 0.1) is 28.2 Å². The quantitative estimate of drug-likeness (QED) is 0.299. The zero-order valence-electron chi connectivity index (χ0n) is 18.2. The van der Waals surface area contributed by atoms with Crippen LogP contribution in [0.5, 0.6) is 0 Å². The number of aryl methyl sites for hydroxylation is 3. The highest BCUT2D eigenvalue weighted by molar-refractivity contribution is 9.10. The monoisotopic (exact) mass is 534 g/mol. The lowest BCUT2D eigenvalue weighted by molar-refractivity contribution is -0.140. The predicted octanol–water partition coefficient (Wildman–Crippen LogP) is 6.46. The zero-order chi connectivity index (χ0) is 24.6. The van der Waals surface area contributed by atoms with Gasteiger partial charge in [-0.25, -0.2) is 9.37 Å². The van der Waals surface area contributed by atoms with Gasteiger partial charge in [0.1, 0.15) is 11.5 Å². The molecule has 4 aromatic rings. The summed E-state index contributed by atoms with van der Waals surface area (Å²) in [6.07, 6.45) is -4.19. The average Bonchev–Trinajstić information content (AvgIpc) is 3.03. The van der Waals surface area contributed by atoms with Gasteiger partial charge in [0, 0.05) is 16.4 Å². The van der Waals surface area contributed by atoms with E-state index in [0.29, 0.717) is 34.5 Å². The third kappa shape index (κ3) is 4.96. The van der Waals surface area contributed by atoms with Crippen molar-refractivity contribution in [2.45, 2.75) is 33.0 Å². The first kappa shape index (κ1) is 23.9. The molecule has 2 aromatic carbocycles. The second-order valence-corrected chi connectivity index (χ2v) is 8.73. The number of rotatable bonds is 5. The van der Waals surface area contributed by atoms with Crippen molar-refractivity contribution < 1.29 is 22.4 Å². The highest BCUT2D eigenvalue weighted by Gasteiger charge is 2.34. The van der Waals surface area contributed by atoms with Gasteiger partial charge in [-0.15, -0.1) is 0 Å². The Balaban J connectivity index is 1.65. The van der Waals surface area contributed by atoms with E-state index in [1.165, 1.54) is 18.2 Å². The molecule has 176 valence electrons. The van der Waals surface area contributed by atoms with E-state index >= 15 is 0 Å². The lowest BCUT2D eigenvalue weighted by Crippen LogP contribution is -2.17. The Labute approximate surface area is 200 Å². The highest BCUT2D eigenvalue weighted by Crippen LogP contribution is 2.32. The topological polar surface area (TPSA) is 59.8 Å². The number of halogens is 5. The molecule has 4 rings (SSSR count). The van der Waals surface area contributed by atoms with Crippen molar-refractivity contribution in [2.75, 3.05) is 5.32 Å². The van der Waals surface area contributed by atoms with Crippen molar-refractivity contribution in [3.05, 3.63) is 87.0 Å². The Morgan fingerprint density at radius 3 is 2.59 bits per heavy atom. The molecule has 0 saturated carbocycles. The van der Waals surface area contributed by atoms with Gasteiger partial charge in [0.25, 0.3) is 5.91 Å². The molecular formula is C24H19BrF4N4O. The number of hydrogen-bond donors (Lipinski definition) is 1. The molecule has 0 saturated heterocycles. The molecule has 0 spiro atoms. The van der Waals surface area contributed by atoms with Gasteiger partial charge in [0.2, 0.25) is 0 Å². The van der Waals surface area contributed by atoms with Crippen LogP contribution in [0.2, 0.25) is 0 Å². The Kier molecular flexibility index (Phi) is 6.44. The summed E-state index contributed by atoms with van der Waals surface area (Å²) in [5.74, 6) is -1.03. The standard InChI is InChI=1S/C24H19BrF4N4O/c1-13-22(14(2)33(32-13)9-8-15-4-3-5-17(26)10-15)31-23(34)19-12-21(24(27,28)29)30-20-7-6-16(25)11-18(19)20/h3-7,10-12H,8-9H2,1-2H3,(H,31,34). The molecule has 0 fully saturated rings. The molecule has 2 heterocycles. The Morgan fingerprint density at radius 2 is 1.88 bits per heavy atom. The number of fused-ring (bicyclic) bond motifs is 1. The van der Waals surface area contributed by atoms with Crippen molar-refractivity contribution >= 4 is 38.4 Å². The number of benzene rings is 2. The number of nitrogens with zero attached hydrogens (tertiary/aromatic N) is 3. The summed E-state index contributed by atoms with van der Waals surface area (Å²) in [5, 5.41) is 7.44. The molecule has 0 aliphatic rings. The number of nitrogens with one attached hydrogen (secondary N) is 1. The lowest BCUT2D eigenvalue weighted by Gasteiger charge is -2.13. The molecule has 1 N–H and O–H groups in total. The minimum Gasteiger partial charge on any atom is -0.319 e. The van der Waals surface area contributed by atoms with Gasteiger partial charge in [-0.2, -0.15) is 18.3 Å². The minimum absolute atomic E-state index is 0.0578. The fourth-order valence-electron chi connectivity index (χ4n) is 3.73. The summed E-state index contributed by atoms with van der Waals surface area (Å²) in [5.41, 5.74) is 1.13. The maximum atomic E-state index is 13.4. The SMILES string of the molecule is Cc1nn(CCc2cccc(F)c2)c(C)c1NC(=O)c1cc(C(F)(F)F)nc2ccc(Br)cc12. The van der Waals surface area contributed by atoms with Crippen LogP contribution in [-0.4, -0.2) is 20.7 Å². The molecule has 10 heteroatoms. The van der Waals surface area contributed by atoms with Crippen molar-refractivity contribution in [3.8, 4) is 0 Å². The summed E-state index contributed by atoms with van der Waals surface area (Å²) in [6, 6.07) is 11.5. The zero-order valence-corrected chi connectivity index (χ0v) is 19.8. The molecule has 0 aliphatic carbocycles. The van der Waals surface area contributed by atoms with Crippen LogP contribution in [0.4, 0.5) is 23.2 Å². The number of alkyl halides is 3. The van der Waals surface area contributed by atoms with Gasteiger partial charge in [0.15, 0.2) is 0 Å². The van der Waals surface area contributed by atoms with Gasteiger partial charge in [-0.3, -0.25) is 9.48 Å². The minimum atomic E-state index is -4.70. The van der Waals surface area contributed by atoms with Crippen molar-refractivity contribution in [1.82, 2.24) is 14.8 Å². The number of anilines is 1. The van der Waals surface area contributed by atoms with Crippen molar-refractivity contribution in [2.24, 2.45) is 0 Å². The van der Waals surface area contributed by atoms with Crippen LogP contribution in [-0.2, 0) is 19.1 Å². The van der Waals surface area contributed by atoms with E-state index in [0.717, 1.165) is 11.6 Å². The van der Waals surface area contributed by atoms with Crippen LogP contribution in [0, 0.1) is 19.7 Å². The predicted molar refractivity (Wildman–Crippen MR) is 124 cm³/mol. The van der Waals surface area contributed by atoms with E-state index in [1.54, 1.807) is 36.7 Å². The van der Waals surface area contributed by atoms with Crippen LogP contribution >= 0.6 is 15.9 Å². The first-order valence-electron chi connectivity index (χ1n) is 10.3. The number of amides is 1. The van der Waals surface area contributed by atoms with Gasteiger partial charge in [-0.1, -0.05) is 28.1 Å². The van der Waals surface area contributed by atoms with Crippen LogP contribution in [0.3, 0.4) is 0 Å². The van der Waals surface area contributed by atoms with E-state index in [4.69, 9.17) is 0 Å². The first-order chi connectivity index (χ1) is 16.0. The first-order valence-corrected chi connectivity index (χ1v) is 11.1. The van der Waals surface area contributed by atoms with E-state index in [1.807, 2.05) is 6.07 Å². The molecule has 5 nitrogen and oxygen atoms in total.